The first-order valence-corrected chi connectivity index (χ1v) is 9.59. The second-order valence-corrected chi connectivity index (χ2v) is 7.34. The molecule has 1 unspecified atom stereocenters. The molecule has 0 amide bonds. The molecular formula is C20H21NO3S. The molecule has 0 bridgehead atoms. The third-order valence-corrected chi connectivity index (χ3v) is 4.63. The maximum atomic E-state index is 11.8. The van der Waals surface area contributed by atoms with Crippen molar-refractivity contribution in [3.8, 4) is 12.0 Å². The maximum Gasteiger partial charge on any atom is 0.239 e. The van der Waals surface area contributed by atoms with E-state index in [0.717, 1.165) is 27.3 Å². The lowest BCUT2D eigenvalue weighted by Crippen LogP contribution is -2.25. The predicted octanol–water partition coefficient (Wildman–Crippen LogP) is 3.18. The van der Waals surface area contributed by atoms with Gasteiger partial charge in [0, 0.05) is 24.3 Å². The van der Waals surface area contributed by atoms with Gasteiger partial charge in [-0.3, -0.25) is 0 Å². The molecular weight excluding hydrogens is 334 g/mol. The normalized spacial score (nSPS) is 11.9. The molecule has 0 aliphatic heterocycles. The third kappa shape index (κ3) is 4.96. The van der Waals surface area contributed by atoms with Crippen molar-refractivity contribution in [1.29, 1.82) is 0 Å². The van der Waals surface area contributed by atoms with Crippen LogP contribution in [0.2, 0.25) is 0 Å². The summed E-state index contributed by atoms with van der Waals surface area (Å²) >= 11 is 0. The number of nitrogens with zero attached hydrogens (tertiary/aromatic N) is 1. The van der Waals surface area contributed by atoms with Gasteiger partial charge in [0.1, 0.15) is 6.10 Å². The fourth-order valence-corrected chi connectivity index (χ4v) is 3.00. The fraction of sp³-hybridized carbons (Fsp3) is 0.200. The monoisotopic (exact) mass is 355 g/mol. The highest BCUT2D eigenvalue weighted by Gasteiger charge is 2.16. The van der Waals surface area contributed by atoms with Crippen LogP contribution in [0.5, 0.6) is 0 Å². The molecule has 2 aromatic carbocycles. The van der Waals surface area contributed by atoms with Crippen LogP contribution in [0.25, 0.3) is 0 Å². The Labute approximate surface area is 149 Å². The average molecular weight is 355 g/mol. The Balaban J connectivity index is 2.45. The van der Waals surface area contributed by atoms with Crippen molar-refractivity contribution >= 4 is 10.0 Å². The molecule has 130 valence electrons. The van der Waals surface area contributed by atoms with Crippen LogP contribution in [-0.4, -0.2) is 32.6 Å². The zero-order valence-electron chi connectivity index (χ0n) is 14.3. The van der Waals surface area contributed by atoms with Gasteiger partial charge in [-0.05, 0) is 17.6 Å². The van der Waals surface area contributed by atoms with Gasteiger partial charge in [-0.15, -0.1) is 6.58 Å². The molecule has 0 fully saturated rings. The number of ether oxygens (including phenoxy) is 1. The highest BCUT2D eigenvalue weighted by molar-refractivity contribution is 7.88. The molecule has 4 nitrogen and oxygen atoms in total. The minimum atomic E-state index is -3.43. The van der Waals surface area contributed by atoms with Crippen LogP contribution in [0.15, 0.2) is 67.3 Å². The first kappa shape index (κ1) is 18.8. The molecule has 2 rings (SSSR count). The summed E-state index contributed by atoms with van der Waals surface area (Å²) in [6.07, 6.45) is 2.35. The third-order valence-electron chi connectivity index (χ3n) is 3.59. The van der Waals surface area contributed by atoms with E-state index in [1.54, 1.807) is 7.11 Å². The van der Waals surface area contributed by atoms with Crippen LogP contribution in [-0.2, 0) is 14.8 Å². The summed E-state index contributed by atoms with van der Waals surface area (Å²) in [5.74, 6) is 2.96. The molecule has 0 heterocycles. The summed E-state index contributed by atoms with van der Waals surface area (Å²) in [4.78, 5) is 0. The van der Waals surface area contributed by atoms with Gasteiger partial charge in [0.05, 0.1) is 12.8 Å². The molecule has 1 atom stereocenters. The average Bonchev–Trinajstić information content (AvgIpc) is 2.60. The van der Waals surface area contributed by atoms with Crippen LogP contribution >= 0.6 is 0 Å². The van der Waals surface area contributed by atoms with E-state index in [1.807, 2.05) is 54.6 Å². The van der Waals surface area contributed by atoms with Crippen molar-refractivity contribution in [3.05, 3.63) is 83.9 Å². The Hall–Kier alpha value is -2.55. The summed E-state index contributed by atoms with van der Waals surface area (Å²) in [7, 11) is -1.79. The van der Waals surface area contributed by atoms with E-state index in [2.05, 4.69) is 18.5 Å². The van der Waals surface area contributed by atoms with Gasteiger partial charge in [0.2, 0.25) is 10.0 Å². The standard InChI is InChI=1S/C20H21NO3S/c1-4-15-21(25(3,22)23)16-14-17-10-8-9-13-19(17)20(24-2)18-11-6-5-7-12-18/h4-13,20H,1,15H2,2-3H3. The number of benzene rings is 2. The molecule has 2 aromatic rings. The Bertz CT molecular complexity index is 880. The van der Waals surface area contributed by atoms with Gasteiger partial charge in [-0.1, -0.05) is 54.6 Å². The van der Waals surface area contributed by atoms with Gasteiger partial charge >= 0.3 is 0 Å². The van der Waals surface area contributed by atoms with Gasteiger partial charge in [0.25, 0.3) is 0 Å². The van der Waals surface area contributed by atoms with E-state index in [-0.39, 0.29) is 12.6 Å². The topological polar surface area (TPSA) is 46.6 Å². The summed E-state index contributed by atoms with van der Waals surface area (Å²) < 4.78 is 30.3. The molecule has 0 saturated carbocycles. The second-order valence-electron chi connectivity index (χ2n) is 5.43. The number of methoxy groups -OCH3 is 1. The summed E-state index contributed by atoms with van der Waals surface area (Å²) in [6, 6.07) is 20.1. The second kappa shape index (κ2) is 8.52. The zero-order chi connectivity index (χ0) is 18.3. The van der Waals surface area contributed by atoms with Crippen LogP contribution in [0.1, 0.15) is 22.8 Å². The number of rotatable bonds is 6. The molecule has 0 saturated heterocycles. The number of hydrogen-bond acceptors (Lipinski definition) is 3. The maximum absolute atomic E-state index is 11.8. The molecule has 0 N–H and O–H groups in total. The van der Waals surface area contributed by atoms with E-state index in [1.165, 1.54) is 6.08 Å². The number of sulfonamides is 1. The quantitative estimate of drug-likeness (QED) is 0.454. The Morgan fingerprint density at radius 1 is 1.16 bits per heavy atom. The zero-order valence-corrected chi connectivity index (χ0v) is 15.2. The van der Waals surface area contributed by atoms with Gasteiger partial charge in [-0.2, -0.15) is 0 Å². The first-order valence-electron chi connectivity index (χ1n) is 7.74. The SMILES string of the molecule is C=CCN(C#Cc1ccccc1C(OC)c1ccccc1)S(C)(=O)=O. The van der Waals surface area contributed by atoms with Gasteiger partial charge < -0.3 is 4.74 Å². The molecule has 0 aromatic heterocycles. The van der Waals surface area contributed by atoms with Crippen molar-refractivity contribution in [1.82, 2.24) is 4.31 Å². The van der Waals surface area contributed by atoms with Gasteiger partial charge in [-0.25, -0.2) is 12.7 Å². The fourth-order valence-electron chi connectivity index (χ4n) is 2.41. The van der Waals surface area contributed by atoms with Crippen molar-refractivity contribution in [2.75, 3.05) is 19.9 Å². The summed E-state index contributed by atoms with van der Waals surface area (Å²) in [5, 5.41) is 0. The summed E-state index contributed by atoms with van der Waals surface area (Å²) in [5.41, 5.74) is 2.61. The smallest absolute Gasteiger partial charge is 0.239 e. The van der Waals surface area contributed by atoms with Crippen LogP contribution in [0.3, 0.4) is 0 Å². The molecule has 0 radical (unpaired) electrons. The van der Waals surface area contributed by atoms with Crippen molar-refractivity contribution in [2.45, 2.75) is 6.10 Å². The Morgan fingerprint density at radius 3 is 2.40 bits per heavy atom. The predicted molar refractivity (Wildman–Crippen MR) is 100 cm³/mol. The van der Waals surface area contributed by atoms with E-state index < -0.39 is 10.0 Å². The molecule has 0 spiro atoms. The highest BCUT2D eigenvalue weighted by atomic mass is 32.2. The lowest BCUT2D eigenvalue weighted by atomic mass is 9.97. The van der Waals surface area contributed by atoms with E-state index in [0.29, 0.717) is 0 Å². The van der Waals surface area contributed by atoms with Crippen LogP contribution in [0, 0.1) is 12.0 Å². The number of hydrogen-bond donors (Lipinski definition) is 0. The van der Waals surface area contributed by atoms with Crippen LogP contribution in [0.4, 0.5) is 0 Å². The summed E-state index contributed by atoms with van der Waals surface area (Å²) in [6.45, 7) is 3.71. The Morgan fingerprint density at radius 2 is 1.80 bits per heavy atom. The molecule has 25 heavy (non-hydrogen) atoms. The lowest BCUT2D eigenvalue weighted by molar-refractivity contribution is 0.136. The van der Waals surface area contributed by atoms with Crippen molar-refractivity contribution in [3.63, 3.8) is 0 Å². The minimum Gasteiger partial charge on any atom is -0.372 e. The highest BCUT2D eigenvalue weighted by Crippen LogP contribution is 2.27. The van der Waals surface area contributed by atoms with Crippen molar-refractivity contribution in [2.24, 2.45) is 0 Å². The van der Waals surface area contributed by atoms with E-state index in [9.17, 15) is 8.42 Å². The van der Waals surface area contributed by atoms with Crippen molar-refractivity contribution < 1.29 is 13.2 Å². The molecule has 0 aliphatic rings. The molecule has 5 heteroatoms. The van der Waals surface area contributed by atoms with Gasteiger partial charge in [0.15, 0.2) is 0 Å². The lowest BCUT2D eigenvalue weighted by Gasteiger charge is -2.18. The minimum absolute atomic E-state index is 0.139. The van der Waals surface area contributed by atoms with E-state index in [4.69, 9.17) is 4.74 Å². The largest absolute Gasteiger partial charge is 0.372 e. The first-order chi connectivity index (χ1) is 12.0. The van der Waals surface area contributed by atoms with E-state index >= 15 is 0 Å². The van der Waals surface area contributed by atoms with Crippen LogP contribution < -0.4 is 0 Å². The Kier molecular flexibility index (Phi) is 6.40. The molecule has 0 aliphatic carbocycles.